The van der Waals surface area contributed by atoms with E-state index in [9.17, 15) is 0 Å². The van der Waals surface area contributed by atoms with E-state index in [-0.39, 0.29) is 0 Å². The van der Waals surface area contributed by atoms with Gasteiger partial charge in [-0.15, -0.1) is 0 Å². The van der Waals surface area contributed by atoms with Crippen molar-refractivity contribution >= 4 is 17.3 Å². The van der Waals surface area contributed by atoms with Gasteiger partial charge in [-0.3, -0.25) is 0 Å². The number of hydrogen-bond acceptors (Lipinski definition) is 3. The number of nitrogens with one attached hydrogen (secondary N) is 1. The number of benzene rings is 2. The lowest BCUT2D eigenvalue weighted by Gasteiger charge is -2.09. The monoisotopic (exact) mass is 286 g/mol. The Kier molecular flexibility index (Phi) is 5.28. The van der Waals surface area contributed by atoms with Gasteiger partial charge >= 0.3 is 0 Å². The highest BCUT2D eigenvalue weighted by molar-refractivity contribution is 6.30. The van der Waals surface area contributed by atoms with Gasteiger partial charge in [-0.1, -0.05) is 29.8 Å². The van der Waals surface area contributed by atoms with E-state index in [1.165, 1.54) is 0 Å². The molecule has 1 N–H and O–H groups in total. The third kappa shape index (κ3) is 4.18. The highest BCUT2D eigenvalue weighted by atomic mass is 35.5. The molecule has 0 saturated heterocycles. The number of para-hydroxylation sites is 1. The number of hydrogen-bond donors (Lipinski definition) is 1. The first-order valence-corrected chi connectivity index (χ1v) is 6.79. The van der Waals surface area contributed by atoms with Crippen LogP contribution in [0.1, 0.15) is 12.0 Å². The van der Waals surface area contributed by atoms with E-state index >= 15 is 0 Å². The molecule has 0 aliphatic rings. The Labute approximate surface area is 123 Å². The lowest BCUT2D eigenvalue weighted by Crippen LogP contribution is -2.08. The molecule has 4 heteroatoms. The van der Waals surface area contributed by atoms with E-state index in [1.54, 1.807) is 12.1 Å². The van der Waals surface area contributed by atoms with E-state index in [1.807, 2.05) is 36.4 Å². The first kappa shape index (κ1) is 14.2. The van der Waals surface area contributed by atoms with Gasteiger partial charge in [0, 0.05) is 11.6 Å². The molecular formula is C16H15ClN2O. The lowest BCUT2D eigenvalue weighted by molar-refractivity contribution is 0.315. The van der Waals surface area contributed by atoms with Crippen LogP contribution in [0, 0.1) is 11.3 Å². The molecule has 2 rings (SSSR count). The summed E-state index contributed by atoms with van der Waals surface area (Å²) in [5.74, 6) is 0.872. The fourth-order valence-electron chi connectivity index (χ4n) is 1.77. The van der Waals surface area contributed by atoms with Crippen LogP contribution in [0.5, 0.6) is 5.75 Å². The Morgan fingerprint density at radius 3 is 2.70 bits per heavy atom. The van der Waals surface area contributed by atoms with Gasteiger partial charge in [0.2, 0.25) is 0 Å². The van der Waals surface area contributed by atoms with Gasteiger partial charge in [-0.25, -0.2) is 0 Å². The highest BCUT2D eigenvalue weighted by Crippen LogP contribution is 2.19. The van der Waals surface area contributed by atoms with Crippen LogP contribution in [0.4, 0.5) is 5.69 Å². The summed E-state index contributed by atoms with van der Waals surface area (Å²) in [5, 5.41) is 12.8. The highest BCUT2D eigenvalue weighted by Gasteiger charge is 2.02. The second-order valence-corrected chi connectivity index (χ2v) is 4.68. The van der Waals surface area contributed by atoms with Gasteiger partial charge < -0.3 is 10.1 Å². The lowest BCUT2D eigenvalue weighted by atomic mass is 10.2. The summed E-state index contributed by atoms with van der Waals surface area (Å²) in [6.45, 7) is 1.37. The first-order chi connectivity index (χ1) is 9.79. The quantitative estimate of drug-likeness (QED) is 0.814. The zero-order chi connectivity index (χ0) is 14.2. The van der Waals surface area contributed by atoms with Crippen molar-refractivity contribution in [1.82, 2.24) is 0 Å². The SMILES string of the molecule is N#Cc1cc(Cl)ccc1NCCCOc1ccccc1. The number of nitrogens with zero attached hydrogens (tertiary/aromatic N) is 1. The number of ether oxygens (including phenoxy) is 1. The maximum atomic E-state index is 9.02. The fraction of sp³-hybridized carbons (Fsp3) is 0.188. The van der Waals surface area contributed by atoms with E-state index in [0.717, 1.165) is 24.4 Å². The van der Waals surface area contributed by atoms with Crippen LogP contribution in [0.15, 0.2) is 48.5 Å². The van der Waals surface area contributed by atoms with E-state index in [0.29, 0.717) is 17.2 Å². The van der Waals surface area contributed by atoms with Crippen LogP contribution >= 0.6 is 11.6 Å². The molecule has 102 valence electrons. The molecule has 0 aliphatic carbocycles. The van der Waals surface area contributed by atoms with E-state index in [2.05, 4.69) is 11.4 Å². The predicted octanol–water partition coefficient (Wildman–Crippen LogP) is 4.09. The zero-order valence-electron chi connectivity index (χ0n) is 11.0. The molecule has 0 atom stereocenters. The van der Waals surface area contributed by atoms with Gasteiger partial charge in [-0.2, -0.15) is 5.26 Å². The molecule has 3 nitrogen and oxygen atoms in total. The molecule has 2 aromatic carbocycles. The van der Waals surface area contributed by atoms with Gasteiger partial charge in [0.25, 0.3) is 0 Å². The van der Waals surface area contributed by atoms with E-state index < -0.39 is 0 Å². The largest absolute Gasteiger partial charge is 0.494 e. The Morgan fingerprint density at radius 1 is 1.15 bits per heavy atom. The Balaban J connectivity index is 1.75. The second-order valence-electron chi connectivity index (χ2n) is 4.24. The molecule has 20 heavy (non-hydrogen) atoms. The minimum Gasteiger partial charge on any atom is -0.494 e. The van der Waals surface area contributed by atoms with Crippen molar-refractivity contribution in [2.24, 2.45) is 0 Å². The van der Waals surface area contributed by atoms with Gasteiger partial charge in [-0.05, 0) is 36.8 Å². The normalized spacial score (nSPS) is 9.80. The van der Waals surface area contributed by atoms with Crippen LogP contribution in [0.2, 0.25) is 5.02 Å². The number of anilines is 1. The third-order valence-corrected chi connectivity index (χ3v) is 2.99. The first-order valence-electron chi connectivity index (χ1n) is 6.41. The molecule has 0 saturated carbocycles. The van der Waals surface area contributed by atoms with Crippen molar-refractivity contribution in [3.05, 3.63) is 59.1 Å². The summed E-state index contributed by atoms with van der Waals surface area (Å²) in [6.07, 6.45) is 0.850. The maximum Gasteiger partial charge on any atom is 0.119 e. The Bertz CT molecular complexity index is 593. The summed E-state index contributed by atoms with van der Waals surface area (Å²) in [4.78, 5) is 0. The number of halogens is 1. The predicted molar refractivity (Wildman–Crippen MR) is 81.2 cm³/mol. The van der Waals surface area contributed by atoms with Crippen molar-refractivity contribution in [2.45, 2.75) is 6.42 Å². The van der Waals surface area contributed by atoms with Crippen LogP contribution in [0.25, 0.3) is 0 Å². The molecule has 0 amide bonds. The van der Waals surface area contributed by atoms with Crippen molar-refractivity contribution in [2.75, 3.05) is 18.5 Å². The van der Waals surface area contributed by atoms with Crippen molar-refractivity contribution in [3.8, 4) is 11.8 Å². The summed E-state index contributed by atoms with van der Waals surface area (Å²) >= 11 is 5.85. The summed E-state index contributed by atoms with van der Waals surface area (Å²) < 4.78 is 5.59. The third-order valence-electron chi connectivity index (χ3n) is 2.75. The topological polar surface area (TPSA) is 45.0 Å². The fourth-order valence-corrected chi connectivity index (χ4v) is 1.94. The molecule has 0 aliphatic heterocycles. The van der Waals surface area contributed by atoms with E-state index in [4.69, 9.17) is 21.6 Å². The van der Waals surface area contributed by atoms with Crippen LogP contribution < -0.4 is 10.1 Å². The molecule has 2 aromatic rings. The molecule has 0 aromatic heterocycles. The van der Waals surface area contributed by atoms with Gasteiger partial charge in [0.1, 0.15) is 11.8 Å². The molecule has 0 unspecified atom stereocenters. The minimum absolute atomic E-state index is 0.557. The molecule has 0 bridgehead atoms. The van der Waals surface area contributed by atoms with Crippen molar-refractivity contribution < 1.29 is 4.74 Å². The molecule has 0 radical (unpaired) electrons. The Morgan fingerprint density at radius 2 is 1.95 bits per heavy atom. The number of rotatable bonds is 6. The van der Waals surface area contributed by atoms with Crippen molar-refractivity contribution in [3.63, 3.8) is 0 Å². The van der Waals surface area contributed by atoms with Gasteiger partial charge in [0.05, 0.1) is 17.9 Å². The molecular weight excluding hydrogens is 272 g/mol. The Hall–Kier alpha value is -2.18. The number of nitriles is 1. The average Bonchev–Trinajstić information content (AvgIpc) is 2.49. The van der Waals surface area contributed by atoms with Crippen LogP contribution in [-0.2, 0) is 0 Å². The van der Waals surface area contributed by atoms with Crippen LogP contribution in [-0.4, -0.2) is 13.2 Å². The summed E-state index contributed by atoms with van der Waals surface area (Å²) in [6, 6.07) is 17.1. The zero-order valence-corrected chi connectivity index (χ0v) is 11.7. The summed E-state index contributed by atoms with van der Waals surface area (Å²) in [7, 11) is 0. The maximum absolute atomic E-state index is 9.02. The summed E-state index contributed by atoms with van der Waals surface area (Å²) in [5.41, 5.74) is 1.36. The van der Waals surface area contributed by atoms with Crippen LogP contribution in [0.3, 0.4) is 0 Å². The van der Waals surface area contributed by atoms with Gasteiger partial charge in [0.15, 0.2) is 0 Å². The molecule has 0 fully saturated rings. The van der Waals surface area contributed by atoms with Crippen molar-refractivity contribution in [1.29, 1.82) is 5.26 Å². The minimum atomic E-state index is 0.557. The smallest absolute Gasteiger partial charge is 0.119 e. The molecule has 0 heterocycles. The average molecular weight is 287 g/mol. The molecule has 0 spiro atoms. The standard InChI is InChI=1S/C16H15ClN2O/c17-14-7-8-16(13(11-14)12-18)19-9-4-10-20-15-5-2-1-3-6-15/h1-3,5-8,11,19H,4,9-10H2. The second kappa shape index (κ2) is 7.42.